The van der Waals surface area contributed by atoms with Crippen LogP contribution in [0.25, 0.3) is 0 Å². The van der Waals surface area contributed by atoms with Crippen LogP contribution >= 0.6 is 0 Å². The minimum Gasteiger partial charge on any atom is -0.616 e. The van der Waals surface area contributed by atoms with Gasteiger partial charge in [-0.1, -0.05) is 42.5 Å². The van der Waals surface area contributed by atoms with Crippen molar-refractivity contribution in [3.63, 3.8) is 0 Å². The van der Waals surface area contributed by atoms with Crippen molar-refractivity contribution in [2.45, 2.75) is 30.3 Å². The molecule has 10 heteroatoms. The molecule has 1 N–H and O–H groups in total. The van der Waals surface area contributed by atoms with Crippen molar-refractivity contribution in [1.29, 1.82) is 0 Å². The van der Waals surface area contributed by atoms with E-state index < -0.39 is 40.6 Å². The lowest BCUT2D eigenvalue weighted by molar-refractivity contribution is -0.167. The van der Waals surface area contributed by atoms with Crippen LogP contribution in [0.4, 0.5) is 9.18 Å². The van der Waals surface area contributed by atoms with Crippen molar-refractivity contribution in [2.24, 2.45) is 0 Å². The lowest BCUT2D eigenvalue weighted by atomic mass is 9.96. The number of carboxylic acid groups (broad SMARTS) is 1. The van der Waals surface area contributed by atoms with Crippen molar-refractivity contribution in [1.82, 2.24) is 14.7 Å². The number of halogens is 1. The van der Waals surface area contributed by atoms with Crippen LogP contribution in [0.5, 0.6) is 0 Å². The first-order chi connectivity index (χ1) is 16.3. The molecule has 4 rings (SSSR count). The lowest BCUT2D eigenvalue weighted by Crippen LogP contribution is -2.72. The van der Waals surface area contributed by atoms with E-state index >= 15 is 0 Å². The van der Waals surface area contributed by atoms with Crippen LogP contribution in [0.2, 0.25) is 0 Å². The number of piperazine rings is 1. The smallest absolute Gasteiger partial charge is 0.409 e. The Hall–Kier alpha value is -3.11. The van der Waals surface area contributed by atoms with Crippen molar-refractivity contribution in [2.75, 3.05) is 25.9 Å². The molecule has 0 bridgehead atoms. The molecule has 2 aromatic carbocycles. The third-order valence-corrected chi connectivity index (χ3v) is 7.61. The Morgan fingerprint density at radius 2 is 1.94 bits per heavy atom. The highest BCUT2D eigenvalue weighted by atomic mass is 32.2. The van der Waals surface area contributed by atoms with Crippen molar-refractivity contribution < 1.29 is 28.4 Å². The van der Waals surface area contributed by atoms with E-state index in [0.29, 0.717) is 17.5 Å². The summed E-state index contributed by atoms with van der Waals surface area (Å²) in [5.41, 5.74) is 1.33. The van der Waals surface area contributed by atoms with Gasteiger partial charge < -0.3 is 19.5 Å². The van der Waals surface area contributed by atoms with Gasteiger partial charge in [0.1, 0.15) is 12.0 Å². The Labute approximate surface area is 200 Å². The van der Waals surface area contributed by atoms with Gasteiger partial charge in [0.25, 0.3) is 5.91 Å². The second kappa shape index (κ2) is 10.0. The molecule has 2 aliphatic heterocycles. The number of amides is 3. The monoisotopic (exact) mass is 487 g/mol. The van der Waals surface area contributed by atoms with Crippen LogP contribution in [0.1, 0.15) is 22.8 Å². The van der Waals surface area contributed by atoms with E-state index in [1.807, 2.05) is 0 Å². The Bertz CT molecular complexity index is 1070. The number of fused-ring (bicyclic) bond motifs is 1. The fourth-order valence-corrected chi connectivity index (χ4v) is 5.94. The quantitative estimate of drug-likeness (QED) is 0.630. The number of hydrogen-bond acceptors (Lipinski definition) is 4. The van der Waals surface area contributed by atoms with Crippen LogP contribution in [0.15, 0.2) is 54.6 Å². The molecule has 2 aliphatic rings. The first-order valence-corrected chi connectivity index (χ1v) is 12.6. The molecule has 4 atom stereocenters. The van der Waals surface area contributed by atoms with Crippen LogP contribution in [0, 0.1) is 5.82 Å². The first kappa shape index (κ1) is 24.0. The van der Waals surface area contributed by atoms with E-state index in [9.17, 15) is 28.4 Å². The molecule has 2 unspecified atom stereocenters. The minimum atomic E-state index is -1.54. The van der Waals surface area contributed by atoms with E-state index in [-0.39, 0.29) is 37.8 Å². The van der Waals surface area contributed by atoms with Crippen LogP contribution < -0.4 is 0 Å². The topological polar surface area (TPSA) is 104 Å². The Kier molecular flexibility index (Phi) is 7.08. The number of benzene rings is 2. The molecule has 0 saturated carbocycles. The van der Waals surface area contributed by atoms with E-state index in [2.05, 4.69) is 0 Å². The number of carbonyl (C=O) groups excluding carboxylic acids is 2. The predicted molar refractivity (Wildman–Crippen MR) is 124 cm³/mol. The summed E-state index contributed by atoms with van der Waals surface area (Å²) in [5.74, 6) is -1.11. The molecule has 0 spiro atoms. The molecule has 0 radical (unpaired) electrons. The zero-order chi connectivity index (χ0) is 24.4. The van der Waals surface area contributed by atoms with Gasteiger partial charge in [0.05, 0.1) is 12.8 Å². The maximum absolute atomic E-state index is 13.8. The summed E-state index contributed by atoms with van der Waals surface area (Å²) in [7, 11) is 0. The molecule has 2 fully saturated rings. The highest BCUT2D eigenvalue weighted by molar-refractivity contribution is 7.91. The average Bonchev–Trinajstić information content (AvgIpc) is 2.80. The summed E-state index contributed by atoms with van der Waals surface area (Å²) in [6, 6.07) is 13.8. The third kappa shape index (κ3) is 4.74. The number of rotatable bonds is 6. The summed E-state index contributed by atoms with van der Waals surface area (Å²) in [6.45, 7) is 0.238. The summed E-state index contributed by atoms with van der Waals surface area (Å²) >= 11 is -1.54. The molecular formula is C24H26FN3O5S. The van der Waals surface area contributed by atoms with Gasteiger partial charge in [-0.05, 0) is 35.3 Å². The Morgan fingerprint density at radius 3 is 2.59 bits per heavy atom. The van der Waals surface area contributed by atoms with Crippen LogP contribution in [-0.4, -0.2) is 80.4 Å². The summed E-state index contributed by atoms with van der Waals surface area (Å²) in [4.78, 5) is 42.8. The van der Waals surface area contributed by atoms with Gasteiger partial charge in [0.2, 0.25) is 5.91 Å². The van der Waals surface area contributed by atoms with Gasteiger partial charge in [0, 0.05) is 25.1 Å². The summed E-state index contributed by atoms with van der Waals surface area (Å²) < 4.78 is 26.6. The predicted octanol–water partition coefficient (Wildman–Crippen LogP) is 2.24. The summed E-state index contributed by atoms with van der Waals surface area (Å²) in [6.07, 6.45) is -0.281. The van der Waals surface area contributed by atoms with Gasteiger partial charge in [-0.15, -0.1) is 0 Å². The maximum atomic E-state index is 13.8. The largest absolute Gasteiger partial charge is 0.616 e. The molecule has 180 valence electrons. The second-order valence-electron chi connectivity index (χ2n) is 8.45. The van der Waals surface area contributed by atoms with E-state index in [4.69, 9.17) is 0 Å². The van der Waals surface area contributed by atoms with Crippen LogP contribution in [0.3, 0.4) is 0 Å². The minimum absolute atomic E-state index is 0.000544. The Balaban J connectivity index is 1.72. The Morgan fingerprint density at radius 1 is 1.21 bits per heavy atom. The van der Waals surface area contributed by atoms with E-state index in [1.54, 1.807) is 42.5 Å². The molecule has 34 heavy (non-hydrogen) atoms. The average molecular weight is 488 g/mol. The molecule has 2 saturated heterocycles. The van der Waals surface area contributed by atoms with E-state index in [1.165, 1.54) is 28.2 Å². The first-order valence-electron chi connectivity index (χ1n) is 11.0. The maximum Gasteiger partial charge on any atom is 0.409 e. The molecule has 0 aromatic heterocycles. The molecule has 3 amide bonds. The number of carbonyl (C=O) groups is 3. The van der Waals surface area contributed by atoms with Gasteiger partial charge in [-0.25, -0.2) is 9.18 Å². The molecule has 8 nitrogen and oxygen atoms in total. The number of hydrogen-bond donors (Lipinski definition) is 1. The van der Waals surface area contributed by atoms with E-state index in [0.717, 1.165) is 4.90 Å². The zero-order valence-corrected chi connectivity index (χ0v) is 19.5. The molecular weight excluding hydrogens is 461 g/mol. The second-order valence-corrected chi connectivity index (χ2v) is 9.95. The third-order valence-electron chi connectivity index (χ3n) is 6.36. The zero-order valence-electron chi connectivity index (χ0n) is 18.7. The molecule has 2 aromatic rings. The van der Waals surface area contributed by atoms with Crippen molar-refractivity contribution in [3.8, 4) is 0 Å². The van der Waals surface area contributed by atoms with Crippen LogP contribution in [-0.2, 0) is 27.2 Å². The highest BCUT2D eigenvalue weighted by Gasteiger charge is 2.54. The SMILES string of the molecule is C[S+]([O-])C(c1ccccc1)[C@@H]1C(=O)N(CCc2cccc(F)c2)C[C@@H]2N(C(=O)O)CCC(=O)N21. The fourth-order valence-electron chi connectivity index (χ4n) is 4.79. The fraction of sp³-hybridized carbons (Fsp3) is 0.375. The van der Waals surface area contributed by atoms with Gasteiger partial charge >= 0.3 is 6.09 Å². The van der Waals surface area contributed by atoms with Crippen molar-refractivity contribution >= 4 is 29.1 Å². The van der Waals surface area contributed by atoms with Gasteiger partial charge in [-0.3, -0.25) is 14.5 Å². The highest BCUT2D eigenvalue weighted by Crippen LogP contribution is 2.36. The van der Waals surface area contributed by atoms with Gasteiger partial charge in [0.15, 0.2) is 11.3 Å². The lowest BCUT2D eigenvalue weighted by Gasteiger charge is -2.52. The van der Waals surface area contributed by atoms with Gasteiger partial charge in [-0.2, -0.15) is 0 Å². The molecule has 2 heterocycles. The normalized spacial score (nSPS) is 22.4. The standard InChI is InChI=1S/C24H26FN3O5S/c1-34(33)22(17-7-3-2-4-8-17)21-23(30)26(12-10-16-6-5-9-18(25)14-16)15-19-27(24(31)32)13-11-20(29)28(19)21/h2-9,14,19,21-22H,10-13,15H2,1H3,(H,31,32)/t19-,21-,22?,34?/m1/s1. The molecule has 0 aliphatic carbocycles. The summed E-state index contributed by atoms with van der Waals surface area (Å²) in [5, 5.41) is 8.96. The number of nitrogens with zero attached hydrogens (tertiary/aromatic N) is 3. The van der Waals surface area contributed by atoms with Crippen molar-refractivity contribution in [3.05, 3.63) is 71.5 Å².